The van der Waals surface area contributed by atoms with E-state index >= 15 is 0 Å². The molecule has 250 valence electrons. The topological polar surface area (TPSA) is 141 Å². The number of nitro groups is 1. The van der Waals surface area contributed by atoms with Crippen molar-refractivity contribution < 1.29 is 33.4 Å². The summed E-state index contributed by atoms with van der Waals surface area (Å²) in [6.07, 6.45) is 3.07. The number of benzene rings is 3. The second-order valence-corrected chi connectivity index (χ2v) is 11.6. The highest BCUT2D eigenvalue weighted by atomic mass is 35.5. The van der Waals surface area contributed by atoms with Crippen LogP contribution in [0.25, 0.3) is 6.08 Å². The molecule has 1 aliphatic rings. The van der Waals surface area contributed by atoms with Gasteiger partial charge < -0.3 is 23.7 Å². The van der Waals surface area contributed by atoms with Crippen LogP contribution in [0.4, 0.5) is 5.69 Å². The van der Waals surface area contributed by atoms with Crippen LogP contribution in [0.3, 0.4) is 0 Å². The zero-order valence-electron chi connectivity index (χ0n) is 26.6. The molecule has 48 heavy (non-hydrogen) atoms. The molecule has 1 aromatic heterocycles. The van der Waals surface area contributed by atoms with Gasteiger partial charge in [-0.1, -0.05) is 41.1 Å². The highest BCUT2D eigenvalue weighted by molar-refractivity contribution is 7.07. The number of hydrogen-bond donors (Lipinski definition) is 0. The van der Waals surface area contributed by atoms with Crippen molar-refractivity contribution in [3.8, 4) is 23.0 Å². The summed E-state index contributed by atoms with van der Waals surface area (Å²) in [6.45, 7) is 6.66. The van der Waals surface area contributed by atoms with E-state index in [9.17, 15) is 19.7 Å². The first-order chi connectivity index (χ1) is 23.2. The molecule has 1 aliphatic heterocycles. The van der Waals surface area contributed by atoms with Crippen LogP contribution in [0.2, 0.25) is 5.02 Å². The number of nitrogens with zero attached hydrogens (tertiary/aromatic N) is 3. The van der Waals surface area contributed by atoms with Crippen molar-refractivity contribution in [2.24, 2.45) is 4.99 Å². The Morgan fingerprint density at radius 1 is 1.00 bits per heavy atom. The van der Waals surface area contributed by atoms with Crippen LogP contribution in [0.1, 0.15) is 43.5 Å². The van der Waals surface area contributed by atoms with Gasteiger partial charge in [0.1, 0.15) is 6.61 Å². The number of carbonyl (C=O) groups is 1. The van der Waals surface area contributed by atoms with Gasteiger partial charge in [0, 0.05) is 18.3 Å². The van der Waals surface area contributed by atoms with Crippen molar-refractivity contribution in [2.75, 3.05) is 26.9 Å². The number of nitro benzene ring substituents is 1. The molecule has 14 heteroatoms. The number of aromatic nitrogens is 1. The van der Waals surface area contributed by atoms with Gasteiger partial charge in [-0.05, 0) is 67.8 Å². The molecule has 5 rings (SSSR count). The van der Waals surface area contributed by atoms with Gasteiger partial charge in [-0.3, -0.25) is 19.5 Å². The number of ether oxygens (including phenoxy) is 5. The average Bonchev–Trinajstić information content (AvgIpc) is 3.39. The van der Waals surface area contributed by atoms with E-state index in [4.69, 9.17) is 35.3 Å². The highest BCUT2D eigenvalue weighted by Crippen LogP contribution is 2.38. The lowest BCUT2D eigenvalue weighted by molar-refractivity contribution is -0.384. The predicted molar refractivity (Wildman–Crippen MR) is 180 cm³/mol. The monoisotopic (exact) mass is 693 g/mol. The molecule has 0 N–H and O–H groups in total. The smallest absolute Gasteiger partial charge is 0.337 e. The summed E-state index contributed by atoms with van der Waals surface area (Å²) in [7, 11) is 1.27. The first-order valence-electron chi connectivity index (χ1n) is 15.0. The Morgan fingerprint density at radius 2 is 1.73 bits per heavy atom. The fraction of sp³-hybridized carbons (Fsp3) is 0.265. The molecule has 0 bridgehead atoms. The molecule has 0 radical (unpaired) electrons. The van der Waals surface area contributed by atoms with Crippen LogP contribution in [-0.4, -0.2) is 42.4 Å². The minimum atomic E-state index is -0.849. The Hall–Kier alpha value is -5.14. The maximum absolute atomic E-state index is 14.0. The van der Waals surface area contributed by atoms with Crippen molar-refractivity contribution in [3.63, 3.8) is 0 Å². The van der Waals surface area contributed by atoms with Crippen molar-refractivity contribution in [1.29, 1.82) is 0 Å². The van der Waals surface area contributed by atoms with Crippen LogP contribution >= 0.6 is 22.9 Å². The molecule has 0 aliphatic carbocycles. The lowest BCUT2D eigenvalue weighted by atomic mass is 9.97. The third kappa shape index (κ3) is 7.21. The summed E-state index contributed by atoms with van der Waals surface area (Å²) in [5, 5.41) is 11.4. The summed E-state index contributed by atoms with van der Waals surface area (Å²) >= 11 is 7.81. The number of rotatable bonds is 13. The minimum Gasteiger partial charge on any atom is -0.490 e. The first-order valence-corrected chi connectivity index (χ1v) is 16.2. The Balaban J connectivity index is 1.55. The molecule has 0 fully saturated rings. The van der Waals surface area contributed by atoms with E-state index in [0.29, 0.717) is 63.1 Å². The third-order valence-electron chi connectivity index (χ3n) is 7.14. The summed E-state index contributed by atoms with van der Waals surface area (Å²) in [6, 6.07) is 13.8. The fourth-order valence-corrected chi connectivity index (χ4v) is 6.37. The first kappa shape index (κ1) is 34.2. The van der Waals surface area contributed by atoms with E-state index in [1.807, 2.05) is 13.8 Å². The van der Waals surface area contributed by atoms with Crippen LogP contribution in [-0.2, 0) is 16.1 Å². The second-order valence-electron chi connectivity index (χ2n) is 10.2. The Morgan fingerprint density at radius 3 is 2.44 bits per heavy atom. The van der Waals surface area contributed by atoms with Crippen molar-refractivity contribution >= 4 is 40.7 Å². The number of thiazole rings is 1. The van der Waals surface area contributed by atoms with Gasteiger partial charge >= 0.3 is 5.97 Å². The lowest BCUT2D eigenvalue weighted by Gasteiger charge is -2.23. The lowest BCUT2D eigenvalue weighted by Crippen LogP contribution is -2.39. The normalized spacial score (nSPS) is 14.0. The standard InChI is InChI=1S/C34H32ClN3O9S/c1-5-44-26-12-11-22(17-27(26)45-6-2)30-24(33(40)43-4)18-36-34-37(30)32(39)29(48-34)16-21-14-25(35)31(28(15-21)46-7-3)47-19-20-9-8-10-23(13-20)38(41)42/h8-18,30H,5-7,19H2,1-4H3/b29-16-/t30-/m1/s1. The number of carbonyl (C=O) groups excluding carboxylic acids is 1. The van der Waals surface area contributed by atoms with E-state index in [-0.39, 0.29) is 34.2 Å². The van der Waals surface area contributed by atoms with Gasteiger partial charge in [0.2, 0.25) is 0 Å². The van der Waals surface area contributed by atoms with E-state index in [1.54, 1.807) is 55.5 Å². The van der Waals surface area contributed by atoms with Gasteiger partial charge in [-0.25, -0.2) is 9.79 Å². The molecule has 2 heterocycles. The van der Waals surface area contributed by atoms with Crippen LogP contribution in [0.5, 0.6) is 23.0 Å². The Kier molecular flexibility index (Phi) is 10.8. The van der Waals surface area contributed by atoms with Gasteiger partial charge in [-0.15, -0.1) is 0 Å². The number of fused-ring (bicyclic) bond motifs is 1. The second kappa shape index (κ2) is 15.2. The molecular formula is C34H32ClN3O9S. The zero-order valence-corrected chi connectivity index (χ0v) is 28.1. The molecule has 1 atom stereocenters. The quantitative estimate of drug-likeness (QED) is 0.103. The van der Waals surface area contributed by atoms with Crippen molar-refractivity contribution in [1.82, 2.24) is 4.57 Å². The SMILES string of the molecule is CCOc1ccc([C@@H]2C(C(=O)OC)=CN=c3s/c(=C\c4cc(Cl)c(OCc5cccc([N+](=O)[O-])c5)c(OCC)c4)c(=O)n32)cc1OCC. The molecule has 0 saturated carbocycles. The van der Waals surface area contributed by atoms with Gasteiger partial charge in [0.15, 0.2) is 27.8 Å². The van der Waals surface area contributed by atoms with E-state index in [0.717, 1.165) is 11.3 Å². The number of non-ortho nitro benzene ring substituents is 1. The maximum atomic E-state index is 14.0. The van der Waals surface area contributed by atoms with E-state index < -0.39 is 16.9 Å². The van der Waals surface area contributed by atoms with Crippen LogP contribution < -0.4 is 33.8 Å². The zero-order chi connectivity index (χ0) is 34.4. The Labute approximate surface area is 284 Å². The molecule has 4 aromatic rings. The van der Waals surface area contributed by atoms with Crippen LogP contribution in [0.15, 0.2) is 76.2 Å². The average molecular weight is 694 g/mol. The van der Waals surface area contributed by atoms with Gasteiger partial charge in [-0.2, -0.15) is 0 Å². The number of esters is 1. The highest BCUT2D eigenvalue weighted by Gasteiger charge is 2.31. The molecule has 3 aromatic carbocycles. The summed E-state index contributed by atoms with van der Waals surface area (Å²) < 4.78 is 30.1. The summed E-state index contributed by atoms with van der Waals surface area (Å²) in [4.78, 5) is 42.5. The fourth-order valence-electron chi connectivity index (χ4n) is 5.13. The predicted octanol–water partition coefficient (Wildman–Crippen LogP) is 5.35. The maximum Gasteiger partial charge on any atom is 0.337 e. The minimum absolute atomic E-state index is 0.0124. The molecule has 0 amide bonds. The van der Waals surface area contributed by atoms with Crippen molar-refractivity contribution in [3.05, 3.63) is 118 Å². The van der Waals surface area contributed by atoms with E-state index in [2.05, 4.69) is 4.99 Å². The van der Waals surface area contributed by atoms with Gasteiger partial charge in [0.05, 0.1) is 53.0 Å². The van der Waals surface area contributed by atoms with Gasteiger partial charge in [0.25, 0.3) is 11.2 Å². The largest absolute Gasteiger partial charge is 0.490 e. The molecule has 0 saturated heterocycles. The molecule has 12 nitrogen and oxygen atoms in total. The number of hydrogen-bond acceptors (Lipinski definition) is 11. The molecular weight excluding hydrogens is 662 g/mol. The van der Waals surface area contributed by atoms with Crippen LogP contribution in [0, 0.1) is 10.1 Å². The molecule has 0 unspecified atom stereocenters. The summed E-state index contributed by atoms with van der Waals surface area (Å²) in [5.74, 6) is 0.980. The number of methoxy groups -OCH3 is 1. The van der Waals surface area contributed by atoms with Crippen molar-refractivity contribution in [2.45, 2.75) is 33.4 Å². The third-order valence-corrected chi connectivity index (χ3v) is 8.42. The molecule has 0 spiro atoms. The number of halogens is 1. The van der Waals surface area contributed by atoms with E-state index in [1.165, 1.54) is 30.0 Å². The Bertz CT molecular complexity index is 2070. The summed E-state index contributed by atoms with van der Waals surface area (Å²) in [5.41, 5.74) is 1.48.